The van der Waals surface area contributed by atoms with Crippen LogP contribution in [0.5, 0.6) is 0 Å². The average molecular weight is 290 g/mol. The van der Waals surface area contributed by atoms with Gasteiger partial charge in [0.2, 0.25) is 0 Å². The van der Waals surface area contributed by atoms with Crippen molar-refractivity contribution >= 4 is 0 Å². The summed E-state index contributed by atoms with van der Waals surface area (Å²) in [6.07, 6.45) is -9.07. The third-order valence-corrected chi connectivity index (χ3v) is 2.76. The number of hydrogen-bond donors (Lipinski definition) is 0. The van der Waals surface area contributed by atoms with Crippen molar-refractivity contribution in [2.75, 3.05) is 0 Å². The van der Waals surface area contributed by atoms with Gasteiger partial charge in [0.25, 0.3) is 0 Å². The summed E-state index contributed by atoms with van der Waals surface area (Å²) in [5, 5.41) is 0. The molecule has 0 aliphatic rings. The molecule has 0 amide bonds. The first kappa shape index (κ1) is 14.4. The quantitative estimate of drug-likeness (QED) is 0.618. The van der Waals surface area contributed by atoms with E-state index in [1.165, 1.54) is 18.2 Å². The van der Waals surface area contributed by atoms with Crippen molar-refractivity contribution < 1.29 is 26.3 Å². The van der Waals surface area contributed by atoms with Crippen molar-refractivity contribution in [1.82, 2.24) is 0 Å². The Hall–Kier alpha value is -1.98. The third-order valence-electron chi connectivity index (χ3n) is 2.76. The number of alkyl halides is 6. The first-order valence-electron chi connectivity index (χ1n) is 5.53. The number of benzene rings is 2. The van der Waals surface area contributed by atoms with Crippen molar-refractivity contribution in [2.24, 2.45) is 0 Å². The fourth-order valence-electron chi connectivity index (χ4n) is 1.82. The van der Waals surface area contributed by atoms with Crippen LogP contribution in [0.3, 0.4) is 0 Å². The van der Waals surface area contributed by atoms with Crippen LogP contribution < -0.4 is 0 Å². The van der Waals surface area contributed by atoms with Gasteiger partial charge in [-0.2, -0.15) is 26.3 Å². The van der Waals surface area contributed by atoms with E-state index in [2.05, 4.69) is 0 Å². The lowest BCUT2D eigenvalue weighted by Gasteiger charge is -2.13. The third kappa shape index (κ3) is 2.95. The minimum absolute atomic E-state index is 0.0888. The van der Waals surface area contributed by atoms with Crippen molar-refractivity contribution in [2.45, 2.75) is 12.4 Å². The van der Waals surface area contributed by atoms with Crippen LogP contribution in [-0.2, 0) is 12.4 Å². The van der Waals surface area contributed by atoms with Crippen LogP contribution in [0.15, 0.2) is 48.5 Å². The van der Waals surface area contributed by atoms with Gasteiger partial charge in [0.05, 0.1) is 11.1 Å². The summed E-state index contributed by atoms with van der Waals surface area (Å²) >= 11 is 0. The van der Waals surface area contributed by atoms with Crippen LogP contribution in [0.1, 0.15) is 11.1 Å². The minimum Gasteiger partial charge on any atom is -0.166 e. The second-order valence-corrected chi connectivity index (χ2v) is 4.12. The highest BCUT2D eigenvalue weighted by Crippen LogP contribution is 2.38. The number of halogens is 6. The molecule has 0 radical (unpaired) electrons. The molecule has 2 aromatic rings. The summed E-state index contributed by atoms with van der Waals surface area (Å²) in [6.45, 7) is 0. The summed E-state index contributed by atoms with van der Waals surface area (Å²) in [6, 6.07) is 8.36. The SMILES string of the molecule is FC(F)(F)c1ccc(-c2ccccc2C(F)(F)F)cc1. The second kappa shape index (κ2) is 4.85. The summed E-state index contributed by atoms with van der Waals surface area (Å²) in [7, 11) is 0. The fourth-order valence-corrected chi connectivity index (χ4v) is 1.82. The zero-order chi connectivity index (χ0) is 15.0. The Morgan fingerprint density at radius 2 is 1.15 bits per heavy atom. The van der Waals surface area contributed by atoms with Gasteiger partial charge < -0.3 is 0 Å². The minimum atomic E-state index is -4.56. The normalized spacial score (nSPS) is 12.5. The van der Waals surface area contributed by atoms with E-state index in [0.717, 1.165) is 30.3 Å². The summed E-state index contributed by atoms with van der Waals surface area (Å²) in [4.78, 5) is 0. The van der Waals surface area contributed by atoms with E-state index in [1.54, 1.807) is 0 Å². The zero-order valence-corrected chi connectivity index (χ0v) is 9.89. The molecule has 2 rings (SSSR count). The molecule has 20 heavy (non-hydrogen) atoms. The van der Waals surface area contributed by atoms with Gasteiger partial charge in [-0.05, 0) is 29.3 Å². The highest BCUT2D eigenvalue weighted by Gasteiger charge is 2.34. The Kier molecular flexibility index (Phi) is 3.50. The first-order valence-corrected chi connectivity index (χ1v) is 5.53. The molecule has 0 fully saturated rings. The predicted molar refractivity (Wildman–Crippen MR) is 61.9 cm³/mol. The van der Waals surface area contributed by atoms with Crippen molar-refractivity contribution in [3.05, 3.63) is 59.7 Å². The summed E-state index contributed by atoms with van der Waals surface area (Å²) in [5.74, 6) is 0. The molecular weight excluding hydrogens is 282 g/mol. The molecule has 106 valence electrons. The van der Waals surface area contributed by atoms with Gasteiger partial charge in [0, 0.05) is 0 Å². The van der Waals surface area contributed by atoms with Crippen LogP contribution in [0.4, 0.5) is 26.3 Å². The lowest BCUT2D eigenvalue weighted by molar-refractivity contribution is -0.138. The van der Waals surface area contributed by atoms with Gasteiger partial charge in [0.15, 0.2) is 0 Å². The standard InChI is InChI=1S/C14H8F6/c15-13(16,17)10-7-5-9(6-8-10)11-3-1-2-4-12(11)14(18,19)20/h1-8H. The molecule has 0 N–H and O–H groups in total. The molecule has 0 heterocycles. The molecule has 6 heteroatoms. The predicted octanol–water partition coefficient (Wildman–Crippen LogP) is 5.39. The van der Waals surface area contributed by atoms with E-state index in [-0.39, 0.29) is 11.1 Å². The lowest BCUT2D eigenvalue weighted by Crippen LogP contribution is -2.07. The largest absolute Gasteiger partial charge is 0.417 e. The Morgan fingerprint density at radius 3 is 1.65 bits per heavy atom. The lowest BCUT2D eigenvalue weighted by atomic mass is 9.98. The molecule has 0 nitrogen and oxygen atoms in total. The van der Waals surface area contributed by atoms with Crippen LogP contribution in [-0.4, -0.2) is 0 Å². The van der Waals surface area contributed by atoms with Gasteiger partial charge in [-0.25, -0.2) is 0 Å². The molecule has 0 aliphatic carbocycles. The molecule has 0 atom stereocenters. The molecular formula is C14H8F6. The van der Waals surface area contributed by atoms with E-state index >= 15 is 0 Å². The maximum absolute atomic E-state index is 12.8. The van der Waals surface area contributed by atoms with Crippen LogP contribution in [0, 0.1) is 0 Å². The van der Waals surface area contributed by atoms with E-state index < -0.39 is 23.5 Å². The second-order valence-electron chi connectivity index (χ2n) is 4.12. The summed E-state index contributed by atoms with van der Waals surface area (Å²) in [5.41, 5.74) is -1.83. The van der Waals surface area contributed by atoms with E-state index in [4.69, 9.17) is 0 Å². The smallest absolute Gasteiger partial charge is 0.166 e. The molecule has 0 saturated heterocycles. The van der Waals surface area contributed by atoms with Gasteiger partial charge in [0.1, 0.15) is 0 Å². The van der Waals surface area contributed by atoms with Crippen molar-refractivity contribution in [3.8, 4) is 11.1 Å². The first-order chi connectivity index (χ1) is 9.19. The Labute approximate surface area is 110 Å². The molecule has 0 spiro atoms. The number of rotatable bonds is 1. The molecule has 2 aromatic carbocycles. The van der Waals surface area contributed by atoms with E-state index in [0.29, 0.717) is 0 Å². The monoisotopic (exact) mass is 290 g/mol. The zero-order valence-electron chi connectivity index (χ0n) is 9.89. The van der Waals surface area contributed by atoms with E-state index in [9.17, 15) is 26.3 Å². The molecule has 0 unspecified atom stereocenters. The van der Waals surface area contributed by atoms with E-state index in [1.807, 2.05) is 0 Å². The van der Waals surface area contributed by atoms with Gasteiger partial charge >= 0.3 is 12.4 Å². The van der Waals surface area contributed by atoms with Crippen LogP contribution >= 0.6 is 0 Å². The highest BCUT2D eigenvalue weighted by molar-refractivity contribution is 5.68. The van der Waals surface area contributed by atoms with Gasteiger partial charge in [-0.3, -0.25) is 0 Å². The highest BCUT2D eigenvalue weighted by atomic mass is 19.4. The Bertz CT molecular complexity index is 592. The van der Waals surface area contributed by atoms with Gasteiger partial charge in [-0.1, -0.05) is 30.3 Å². The maximum Gasteiger partial charge on any atom is 0.417 e. The van der Waals surface area contributed by atoms with Crippen molar-refractivity contribution in [3.63, 3.8) is 0 Å². The summed E-state index contributed by atoms with van der Waals surface area (Å²) < 4.78 is 75.7. The Morgan fingerprint density at radius 1 is 0.600 bits per heavy atom. The van der Waals surface area contributed by atoms with Crippen LogP contribution in [0.25, 0.3) is 11.1 Å². The molecule has 0 aromatic heterocycles. The average Bonchev–Trinajstić information content (AvgIpc) is 2.37. The van der Waals surface area contributed by atoms with Crippen LogP contribution in [0.2, 0.25) is 0 Å². The fraction of sp³-hybridized carbons (Fsp3) is 0.143. The van der Waals surface area contributed by atoms with Crippen molar-refractivity contribution in [1.29, 1.82) is 0 Å². The molecule has 0 aliphatic heterocycles. The molecule has 0 bridgehead atoms. The Balaban J connectivity index is 2.48. The number of hydrogen-bond acceptors (Lipinski definition) is 0. The molecule has 0 saturated carbocycles. The van der Waals surface area contributed by atoms with Gasteiger partial charge in [-0.15, -0.1) is 0 Å². The maximum atomic E-state index is 12.8. The topological polar surface area (TPSA) is 0 Å².